The molecule has 6 nitrogen and oxygen atoms in total. The van der Waals surface area contributed by atoms with E-state index in [1.807, 2.05) is 0 Å². The van der Waals surface area contributed by atoms with Gasteiger partial charge in [0.15, 0.2) is 0 Å². The average molecular weight is 373 g/mol. The maximum atomic E-state index is 12.2. The van der Waals surface area contributed by atoms with Crippen molar-refractivity contribution in [3.63, 3.8) is 0 Å². The summed E-state index contributed by atoms with van der Waals surface area (Å²) in [5, 5.41) is 14.9. The van der Waals surface area contributed by atoms with Crippen LogP contribution in [0.3, 0.4) is 0 Å². The van der Waals surface area contributed by atoms with Gasteiger partial charge in [0.2, 0.25) is 5.91 Å². The number of carbonyl (C=O) groups is 3. The second kappa shape index (κ2) is 7.58. The number of rotatable bonds is 6. The molecule has 0 radical (unpaired) electrons. The standard InChI is InChI=1S/C19H17ClN2O4/c20-16-10-13(7-8-15(16)18(24)22-12-5-6-12)21-17(23)9-11-3-1-2-4-14(11)19(25)26/h1-4,7-8,10,12H,5-6,9H2,(H,21,23)(H,22,24)(H,25,26). The molecule has 0 saturated heterocycles. The van der Waals surface area contributed by atoms with Crippen LogP contribution in [0.15, 0.2) is 42.5 Å². The van der Waals surface area contributed by atoms with Crippen LogP contribution in [0.1, 0.15) is 39.1 Å². The number of carbonyl (C=O) groups excluding carboxylic acids is 2. The van der Waals surface area contributed by atoms with Crippen LogP contribution in [0.25, 0.3) is 0 Å². The van der Waals surface area contributed by atoms with Crippen LogP contribution >= 0.6 is 11.6 Å². The molecule has 26 heavy (non-hydrogen) atoms. The largest absolute Gasteiger partial charge is 0.478 e. The van der Waals surface area contributed by atoms with E-state index in [0.717, 1.165) is 12.8 Å². The maximum absolute atomic E-state index is 12.2. The van der Waals surface area contributed by atoms with Crippen LogP contribution in [0.5, 0.6) is 0 Å². The summed E-state index contributed by atoms with van der Waals surface area (Å²) in [5.74, 6) is -1.68. The highest BCUT2D eigenvalue weighted by Crippen LogP contribution is 2.24. The van der Waals surface area contributed by atoms with E-state index in [-0.39, 0.29) is 34.9 Å². The van der Waals surface area contributed by atoms with E-state index in [4.69, 9.17) is 16.7 Å². The van der Waals surface area contributed by atoms with Crippen molar-refractivity contribution >= 4 is 35.1 Å². The third kappa shape index (κ3) is 4.40. The minimum Gasteiger partial charge on any atom is -0.478 e. The van der Waals surface area contributed by atoms with Crippen molar-refractivity contribution in [1.29, 1.82) is 0 Å². The van der Waals surface area contributed by atoms with Crippen molar-refractivity contribution in [2.45, 2.75) is 25.3 Å². The average Bonchev–Trinajstić information content (AvgIpc) is 3.39. The predicted molar refractivity (Wildman–Crippen MR) is 97.7 cm³/mol. The van der Waals surface area contributed by atoms with Gasteiger partial charge >= 0.3 is 5.97 Å². The van der Waals surface area contributed by atoms with E-state index in [9.17, 15) is 14.4 Å². The SMILES string of the molecule is O=C(Cc1ccccc1C(=O)O)Nc1ccc(C(=O)NC2CC2)c(Cl)c1. The number of carboxylic acids is 1. The monoisotopic (exact) mass is 372 g/mol. The Morgan fingerprint density at radius 1 is 1.08 bits per heavy atom. The zero-order chi connectivity index (χ0) is 18.7. The summed E-state index contributed by atoms with van der Waals surface area (Å²) in [6.45, 7) is 0. The minimum atomic E-state index is -1.08. The molecule has 1 saturated carbocycles. The fourth-order valence-electron chi connectivity index (χ4n) is 2.53. The van der Waals surface area contributed by atoms with Gasteiger partial charge < -0.3 is 15.7 Å². The van der Waals surface area contributed by atoms with Gasteiger partial charge in [0.1, 0.15) is 0 Å². The molecule has 0 spiro atoms. The maximum Gasteiger partial charge on any atom is 0.335 e. The third-order valence-electron chi connectivity index (χ3n) is 4.01. The zero-order valence-corrected chi connectivity index (χ0v) is 14.5. The lowest BCUT2D eigenvalue weighted by atomic mass is 10.0. The van der Waals surface area contributed by atoms with Crippen molar-refractivity contribution in [3.05, 3.63) is 64.2 Å². The lowest BCUT2D eigenvalue weighted by Gasteiger charge is -2.10. The van der Waals surface area contributed by atoms with E-state index in [2.05, 4.69) is 10.6 Å². The second-order valence-electron chi connectivity index (χ2n) is 6.13. The van der Waals surface area contributed by atoms with Gasteiger partial charge in [-0.3, -0.25) is 9.59 Å². The van der Waals surface area contributed by atoms with Gasteiger partial charge in [-0.2, -0.15) is 0 Å². The second-order valence-corrected chi connectivity index (χ2v) is 6.54. The summed E-state index contributed by atoms with van der Waals surface area (Å²) < 4.78 is 0. The van der Waals surface area contributed by atoms with Gasteiger partial charge in [0.25, 0.3) is 5.91 Å². The highest BCUT2D eigenvalue weighted by atomic mass is 35.5. The summed E-state index contributed by atoms with van der Waals surface area (Å²) in [5.41, 5.74) is 1.31. The van der Waals surface area contributed by atoms with Gasteiger partial charge in [0.05, 0.1) is 22.6 Å². The molecule has 3 rings (SSSR count). The molecule has 0 unspecified atom stereocenters. The highest BCUT2D eigenvalue weighted by molar-refractivity contribution is 6.34. The molecule has 0 aromatic heterocycles. The van der Waals surface area contributed by atoms with Crippen LogP contribution < -0.4 is 10.6 Å². The molecular formula is C19H17ClN2O4. The van der Waals surface area contributed by atoms with E-state index in [0.29, 0.717) is 16.8 Å². The van der Waals surface area contributed by atoms with Crippen molar-refractivity contribution < 1.29 is 19.5 Å². The number of benzene rings is 2. The Labute approximate surface area is 155 Å². The van der Waals surface area contributed by atoms with E-state index in [1.165, 1.54) is 12.1 Å². The first-order valence-corrected chi connectivity index (χ1v) is 8.53. The van der Waals surface area contributed by atoms with Crippen molar-refractivity contribution in [2.75, 3.05) is 5.32 Å². The summed E-state index contributed by atoms with van der Waals surface area (Å²) >= 11 is 6.15. The van der Waals surface area contributed by atoms with Crippen molar-refractivity contribution in [3.8, 4) is 0 Å². The molecule has 2 aromatic rings. The molecule has 2 amide bonds. The number of nitrogens with one attached hydrogen (secondary N) is 2. The molecule has 134 valence electrons. The van der Waals surface area contributed by atoms with Gasteiger partial charge in [0, 0.05) is 11.7 Å². The van der Waals surface area contributed by atoms with Gasteiger partial charge in [-0.1, -0.05) is 29.8 Å². The van der Waals surface area contributed by atoms with Crippen molar-refractivity contribution in [1.82, 2.24) is 5.32 Å². The summed E-state index contributed by atoms with van der Waals surface area (Å²) in [6, 6.07) is 11.2. The highest BCUT2D eigenvalue weighted by Gasteiger charge is 2.24. The van der Waals surface area contributed by atoms with Crippen LogP contribution in [0, 0.1) is 0 Å². The normalized spacial score (nSPS) is 13.1. The Morgan fingerprint density at radius 2 is 1.81 bits per heavy atom. The summed E-state index contributed by atoms with van der Waals surface area (Å²) in [6.07, 6.45) is 1.88. The number of hydrogen-bond acceptors (Lipinski definition) is 3. The number of hydrogen-bond donors (Lipinski definition) is 3. The van der Waals surface area contributed by atoms with Crippen LogP contribution in [0.2, 0.25) is 5.02 Å². The van der Waals surface area contributed by atoms with E-state index < -0.39 is 5.97 Å². The minimum absolute atomic E-state index is 0.0794. The molecule has 3 N–H and O–H groups in total. The van der Waals surface area contributed by atoms with Crippen LogP contribution in [0.4, 0.5) is 5.69 Å². The Hall–Kier alpha value is -2.86. The molecule has 1 aliphatic carbocycles. The molecule has 7 heteroatoms. The molecule has 0 bridgehead atoms. The predicted octanol–water partition coefficient (Wildman–Crippen LogP) is 3.11. The lowest BCUT2D eigenvalue weighted by Crippen LogP contribution is -2.25. The summed E-state index contributed by atoms with van der Waals surface area (Å²) in [7, 11) is 0. The molecule has 2 aromatic carbocycles. The molecule has 0 atom stereocenters. The number of anilines is 1. The van der Waals surface area contributed by atoms with Crippen LogP contribution in [-0.2, 0) is 11.2 Å². The Balaban J connectivity index is 1.67. The molecule has 1 fully saturated rings. The Morgan fingerprint density at radius 3 is 2.46 bits per heavy atom. The van der Waals surface area contributed by atoms with Gasteiger partial charge in [-0.05, 0) is 42.7 Å². The zero-order valence-electron chi connectivity index (χ0n) is 13.8. The topological polar surface area (TPSA) is 95.5 Å². The van der Waals surface area contributed by atoms with Crippen LogP contribution in [-0.4, -0.2) is 28.9 Å². The molecule has 1 aliphatic rings. The first kappa shape index (κ1) is 17.9. The Kier molecular flexibility index (Phi) is 5.23. The quantitative estimate of drug-likeness (QED) is 0.726. The number of aromatic carboxylic acids is 1. The lowest BCUT2D eigenvalue weighted by molar-refractivity contribution is -0.115. The smallest absolute Gasteiger partial charge is 0.335 e. The van der Waals surface area contributed by atoms with E-state index in [1.54, 1.807) is 30.3 Å². The molecule has 0 aliphatic heterocycles. The first-order chi connectivity index (χ1) is 12.4. The fourth-order valence-corrected chi connectivity index (χ4v) is 2.80. The van der Waals surface area contributed by atoms with Gasteiger partial charge in [-0.15, -0.1) is 0 Å². The molecule has 0 heterocycles. The number of halogens is 1. The summed E-state index contributed by atoms with van der Waals surface area (Å²) in [4.78, 5) is 35.5. The van der Waals surface area contributed by atoms with E-state index >= 15 is 0 Å². The molecular weight excluding hydrogens is 356 g/mol. The third-order valence-corrected chi connectivity index (χ3v) is 4.32. The Bertz CT molecular complexity index is 878. The number of amides is 2. The first-order valence-electron chi connectivity index (χ1n) is 8.15. The van der Waals surface area contributed by atoms with Gasteiger partial charge in [-0.25, -0.2) is 4.79 Å². The fraction of sp³-hybridized carbons (Fsp3) is 0.211. The van der Waals surface area contributed by atoms with Crippen molar-refractivity contribution in [2.24, 2.45) is 0 Å². The number of carboxylic acid groups (broad SMARTS) is 1.